The third-order valence-electron chi connectivity index (χ3n) is 3.58. The van der Waals surface area contributed by atoms with Gasteiger partial charge in [-0.15, -0.1) is 11.3 Å². The smallest absolute Gasteiger partial charge is 0.136 e. The third-order valence-corrected chi connectivity index (χ3v) is 6.07. The molecule has 0 bridgehead atoms. The lowest BCUT2D eigenvalue weighted by Gasteiger charge is -2.16. The summed E-state index contributed by atoms with van der Waals surface area (Å²) >= 11 is 8.88. The Morgan fingerprint density at radius 2 is 2.23 bits per heavy atom. The van der Waals surface area contributed by atoms with Crippen molar-refractivity contribution in [2.45, 2.75) is 18.6 Å². The van der Waals surface area contributed by atoms with Crippen LogP contribution in [0.4, 0.5) is 0 Å². The van der Waals surface area contributed by atoms with E-state index in [0.29, 0.717) is 0 Å². The Hall–Kier alpha value is -1.11. The van der Waals surface area contributed by atoms with Gasteiger partial charge in [0.05, 0.1) is 12.8 Å². The van der Waals surface area contributed by atoms with E-state index in [0.717, 1.165) is 45.2 Å². The molecule has 0 aliphatic carbocycles. The Balaban J connectivity index is 1.62. The van der Waals surface area contributed by atoms with Crippen LogP contribution in [-0.4, -0.2) is 34.4 Å². The Bertz CT molecular complexity index is 650. The summed E-state index contributed by atoms with van der Waals surface area (Å²) in [7, 11) is 1.68. The maximum atomic E-state index is 5.49. The largest absolute Gasteiger partial charge is 0.497 e. The molecule has 2 aromatic rings. The summed E-state index contributed by atoms with van der Waals surface area (Å²) in [6, 6.07) is 8.02. The van der Waals surface area contributed by atoms with E-state index in [9.17, 15) is 0 Å². The molecule has 1 aliphatic rings. The fraction of sp³-hybridized carbons (Fsp3) is 0.375. The molecule has 0 spiro atoms. The van der Waals surface area contributed by atoms with Crippen LogP contribution in [0.3, 0.4) is 0 Å². The van der Waals surface area contributed by atoms with Gasteiger partial charge in [-0.1, -0.05) is 36.1 Å². The highest BCUT2D eigenvalue weighted by atomic mass is 32.2. The fourth-order valence-corrected chi connectivity index (χ4v) is 4.45. The van der Waals surface area contributed by atoms with Gasteiger partial charge in [0.15, 0.2) is 0 Å². The van der Waals surface area contributed by atoms with Gasteiger partial charge in [0.25, 0.3) is 0 Å². The number of thioether (sulfide) groups is 1. The number of ether oxygens (including phenoxy) is 1. The lowest BCUT2D eigenvalue weighted by molar-refractivity contribution is 0.415. The highest BCUT2D eigenvalue weighted by Crippen LogP contribution is 2.28. The molecular formula is C16H18N2OS3. The van der Waals surface area contributed by atoms with Gasteiger partial charge in [0.2, 0.25) is 0 Å². The number of rotatable bonds is 4. The second kappa shape index (κ2) is 7.44. The van der Waals surface area contributed by atoms with Crippen LogP contribution in [0.15, 0.2) is 29.6 Å². The van der Waals surface area contributed by atoms with Crippen molar-refractivity contribution in [2.24, 2.45) is 0 Å². The van der Waals surface area contributed by atoms with Gasteiger partial charge in [0.1, 0.15) is 15.1 Å². The minimum absolute atomic E-state index is 0.843. The van der Waals surface area contributed by atoms with Gasteiger partial charge in [-0.25, -0.2) is 4.98 Å². The number of hydrogen-bond donors (Lipinski definition) is 0. The van der Waals surface area contributed by atoms with E-state index in [-0.39, 0.29) is 0 Å². The molecule has 1 aromatic carbocycles. The summed E-state index contributed by atoms with van der Waals surface area (Å²) in [5.41, 5.74) is 2.19. The topological polar surface area (TPSA) is 25.4 Å². The predicted octanol–water partition coefficient (Wildman–Crippen LogP) is 4.43. The SMILES string of the molecule is COc1cccc(-c2nc(CSC(=S)N3CCCC3)cs2)c1. The molecule has 1 fully saturated rings. The first kappa shape index (κ1) is 15.8. The van der Waals surface area contributed by atoms with E-state index >= 15 is 0 Å². The van der Waals surface area contributed by atoms with Crippen molar-refractivity contribution in [1.82, 2.24) is 9.88 Å². The fourth-order valence-electron chi connectivity index (χ4n) is 2.39. The molecule has 0 saturated carbocycles. The molecule has 1 saturated heterocycles. The molecular weight excluding hydrogens is 332 g/mol. The van der Waals surface area contributed by atoms with Crippen molar-refractivity contribution < 1.29 is 4.74 Å². The zero-order valence-electron chi connectivity index (χ0n) is 12.4. The van der Waals surface area contributed by atoms with Crippen LogP contribution in [-0.2, 0) is 5.75 Å². The minimum atomic E-state index is 0.843. The highest BCUT2D eigenvalue weighted by Gasteiger charge is 2.15. The van der Waals surface area contributed by atoms with E-state index in [1.807, 2.05) is 18.2 Å². The van der Waals surface area contributed by atoms with Gasteiger partial charge >= 0.3 is 0 Å². The van der Waals surface area contributed by atoms with Crippen molar-refractivity contribution in [1.29, 1.82) is 0 Å². The second-order valence-corrected chi connectivity index (χ2v) is 7.59. The van der Waals surface area contributed by atoms with Gasteiger partial charge in [0, 0.05) is 29.8 Å². The predicted molar refractivity (Wildman–Crippen MR) is 98.8 cm³/mol. The maximum Gasteiger partial charge on any atom is 0.136 e. The van der Waals surface area contributed by atoms with Gasteiger partial charge in [-0.2, -0.15) is 0 Å². The van der Waals surface area contributed by atoms with Crippen molar-refractivity contribution >= 4 is 39.6 Å². The Morgan fingerprint density at radius 1 is 1.41 bits per heavy atom. The average Bonchev–Trinajstić information content (AvgIpc) is 3.24. The quantitative estimate of drug-likeness (QED) is 0.760. The number of nitrogens with zero attached hydrogens (tertiary/aromatic N) is 2. The van der Waals surface area contributed by atoms with E-state index in [1.165, 1.54) is 12.8 Å². The zero-order valence-corrected chi connectivity index (χ0v) is 14.9. The maximum absolute atomic E-state index is 5.49. The molecule has 0 amide bonds. The van der Waals surface area contributed by atoms with Crippen molar-refractivity contribution in [3.63, 3.8) is 0 Å². The number of thiazole rings is 1. The normalized spacial score (nSPS) is 14.3. The molecule has 1 aromatic heterocycles. The molecule has 0 unspecified atom stereocenters. The first-order valence-corrected chi connectivity index (χ1v) is 9.54. The molecule has 6 heteroatoms. The van der Waals surface area contributed by atoms with Crippen LogP contribution in [0.2, 0.25) is 0 Å². The van der Waals surface area contributed by atoms with Crippen LogP contribution in [0.5, 0.6) is 5.75 Å². The zero-order chi connectivity index (χ0) is 15.4. The molecule has 116 valence electrons. The Kier molecular flexibility index (Phi) is 5.33. The molecule has 22 heavy (non-hydrogen) atoms. The van der Waals surface area contributed by atoms with Crippen molar-refractivity contribution in [2.75, 3.05) is 20.2 Å². The van der Waals surface area contributed by atoms with E-state index in [1.54, 1.807) is 30.2 Å². The van der Waals surface area contributed by atoms with Gasteiger partial charge in [-0.05, 0) is 25.0 Å². The van der Waals surface area contributed by atoms with Crippen LogP contribution in [0.1, 0.15) is 18.5 Å². The minimum Gasteiger partial charge on any atom is -0.497 e. The van der Waals surface area contributed by atoms with Crippen LogP contribution < -0.4 is 4.74 Å². The van der Waals surface area contributed by atoms with Gasteiger partial charge < -0.3 is 9.64 Å². The number of methoxy groups -OCH3 is 1. The number of thiocarbonyl (C=S) groups is 1. The molecule has 3 nitrogen and oxygen atoms in total. The monoisotopic (exact) mass is 350 g/mol. The lowest BCUT2D eigenvalue weighted by atomic mass is 10.2. The van der Waals surface area contributed by atoms with E-state index in [2.05, 4.69) is 16.3 Å². The number of aromatic nitrogens is 1. The van der Waals surface area contributed by atoms with Crippen LogP contribution in [0, 0.1) is 0 Å². The molecule has 0 N–H and O–H groups in total. The summed E-state index contributed by atoms with van der Waals surface area (Å²) < 4.78 is 6.28. The average molecular weight is 351 g/mol. The second-order valence-electron chi connectivity index (χ2n) is 5.12. The first-order valence-electron chi connectivity index (χ1n) is 7.27. The van der Waals surface area contributed by atoms with Crippen molar-refractivity contribution in [3.8, 4) is 16.3 Å². The van der Waals surface area contributed by atoms with Crippen molar-refractivity contribution in [3.05, 3.63) is 35.3 Å². The molecule has 3 rings (SSSR count). The Labute approximate surface area is 144 Å². The lowest BCUT2D eigenvalue weighted by Crippen LogP contribution is -2.23. The molecule has 0 atom stereocenters. The molecule has 1 aliphatic heterocycles. The molecule has 2 heterocycles. The summed E-state index contributed by atoms with van der Waals surface area (Å²) in [5, 5.41) is 3.15. The van der Waals surface area contributed by atoms with E-state index < -0.39 is 0 Å². The number of likely N-dealkylation sites (tertiary alicyclic amines) is 1. The van der Waals surface area contributed by atoms with Gasteiger partial charge in [-0.3, -0.25) is 0 Å². The Morgan fingerprint density at radius 3 is 3.00 bits per heavy atom. The van der Waals surface area contributed by atoms with Crippen LogP contribution in [0.25, 0.3) is 10.6 Å². The number of hydrogen-bond acceptors (Lipinski definition) is 5. The highest BCUT2D eigenvalue weighted by molar-refractivity contribution is 8.22. The van der Waals surface area contributed by atoms with E-state index in [4.69, 9.17) is 21.9 Å². The summed E-state index contributed by atoms with van der Waals surface area (Å²) in [5.74, 6) is 1.70. The standard InChI is InChI=1S/C16H18N2OS3/c1-19-14-6-4-5-12(9-14)15-17-13(10-21-15)11-22-16(20)18-7-2-3-8-18/h4-6,9-10H,2-3,7-8,11H2,1H3. The van der Waals surface area contributed by atoms with Crippen LogP contribution >= 0.6 is 35.3 Å². The number of benzene rings is 1. The third kappa shape index (κ3) is 3.80. The molecule has 0 radical (unpaired) electrons. The first-order chi connectivity index (χ1) is 10.8. The summed E-state index contributed by atoms with van der Waals surface area (Å²) in [6.07, 6.45) is 2.52. The summed E-state index contributed by atoms with van der Waals surface area (Å²) in [4.78, 5) is 7.02. The summed E-state index contributed by atoms with van der Waals surface area (Å²) in [6.45, 7) is 2.22.